The number of amides is 1. The monoisotopic (exact) mass is 501 g/mol. The molecule has 1 amide bonds. The number of carbonyl (C=O) groups excluding carboxylic acids is 1. The Morgan fingerprint density at radius 2 is 2.00 bits per heavy atom. The van der Waals surface area contributed by atoms with Crippen molar-refractivity contribution in [3.8, 4) is 0 Å². The largest absolute Gasteiger partial charge is 0.356 e. The van der Waals surface area contributed by atoms with Crippen molar-refractivity contribution in [1.29, 1.82) is 0 Å². The average Bonchev–Trinajstić information content (AvgIpc) is 3.11. The van der Waals surface area contributed by atoms with Crippen LogP contribution in [0.4, 0.5) is 0 Å². The van der Waals surface area contributed by atoms with Crippen LogP contribution in [0.3, 0.4) is 0 Å². The first-order valence-corrected chi connectivity index (χ1v) is 10.1. The highest BCUT2D eigenvalue weighted by Crippen LogP contribution is 2.19. The molecular weight excluding hydrogens is 465 g/mol. The van der Waals surface area contributed by atoms with Crippen LogP contribution >= 0.6 is 24.0 Å². The molecule has 158 valence electrons. The summed E-state index contributed by atoms with van der Waals surface area (Å²) in [5.74, 6) is 0.753. The van der Waals surface area contributed by atoms with Crippen molar-refractivity contribution < 1.29 is 4.79 Å². The van der Waals surface area contributed by atoms with E-state index in [1.807, 2.05) is 0 Å². The molecular formula is C21H36IN5O. The highest BCUT2D eigenvalue weighted by Gasteiger charge is 2.24. The summed E-state index contributed by atoms with van der Waals surface area (Å²) in [5, 5.41) is 6.81. The van der Waals surface area contributed by atoms with E-state index >= 15 is 0 Å². The van der Waals surface area contributed by atoms with Crippen molar-refractivity contribution in [1.82, 2.24) is 20.4 Å². The SMILES string of the molecule is CCCCNC(=NCC(=O)N(C)C)NCC1CCCN1Cc1ccccc1.I. The molecule has 1 aliphatic rings. The molecule has 2 N–H and O–H groups in total. The first-order valence-electron chi connectivity index (χ1n) is 10.1. The van der Waals surface area contributed by atoms with Crippen molar-refractivity contribution in [2.45, 2.75) is 45.2 Å². The van der Waals surface area contributed by atoms with Gasteiger partial charge in [-0.1, -0.05) is 43.7 Å². The number of hydrogen-bond acceptors (Lipinski definition) is 3. The lowest BCUT2D eigenvalue weighted by Crippen LogP contribution is -2.45. The second kappa shape index (κ2) is 13.8. The summed E-state index contributed by atoms with van der Waals surface area (Å²) in [6, 6.07) is 11.1. The molecule has 1 heterocycles. The lowest BCUT2D eigenvalue weighted by atomic mass is 10.2. The number of likely N-dealkylation sites (tertiary alicyclic amines) is 1. The van der Waals surface area contributed by atoms with Gasteiger partial charge in [0.2, 0.25) is 5.91 Å². The number of hydrogen-bond donors (Lipinski definition) is 2. The number of halogens is 1. The Morgan fingerprint density at radius 3 is 2.68 bits per heavy atom. The lowest BCUT2D eigenvalue weighted by molar-refractivity contribution is -0.127. The highest BCUT2D eigenvalue weighted by molar-refractivity contribution is 14.0. The van der Waals surface area contributed by atoms with Crippen LogP contribution in [-0.4, -0.2) is 68.0 Å². The molecule has 1 fully saturated rings. The van der Waals surface area contributed by atoms with Gasteiger partial charge < -0.3 is 15.5 Å². The van der Waals surface area contributed by atoms with Crippen LogP contribution in [0.2, 0.25) is 0 Å². The summed E-state index contributed by atoms with van der Waals surface area (Å²) < 4.78 is 0. The maximum Gasteiger partial charge on any atom is 0.243 e. The minimum Gasteiger partial charge on any atom is -0.356 e. The third-order valence-electron chi connectivity index (χ3n) is 4.93. The first kappa shape index (κ1) is 24.7. The third-order valence-corrected chi connectivity index (χ3v) is 4.93. The molecule has 0 radical (unpaired) electrons. The Bertz CT molecular complexity index is 594. The molecule has 0 aromatic heterocycles. The molecule has 1 unspecified atom stereocenters. The molecule has 1 aromatic carbocycles. The van der Waals surface area contributed by atoms with E-state index in [1.165, 1.54) is 18.4 Å². The number of rotatable bonds is 9. The average molecular weight is 501 g/mol. The number of nitrogens with zero attached hydrogens (tertiary/aromatic N) is 3. The van der Waals surface area contributed by atoms with Gasteiger partial charge in [0.1, 0.15) is 6.54 Å². The Balaban J connectivity index is 0.00000392. The fraction of sp³-hybridized carbons (Fsp3) is 0.619. The van der Waals surface area contributed by atoms with Crippen molar-refractivity contribution >= 4 is 35.8 Å². The number of guanidine groups is 1. The zero-order chi connectivity index (χ0) is 19.5. The molecule has 1 aromatic rings. The number of nitrogens with one attached hydrogen (secondary N) is 2. The molecule has 0 aliphatic carbocycles. The molecule has 0 bridgehead atoms. The topological polar surface area (TPSA) is 60.0 Å². The van der Waals surface area contributed by atoms with Crippen molar-refractivity contribution in [2.24, 2.45) is 4.99 Å². The van der Waals surface area contributed by atoms with Crippen molar-refractivity contribution in [2.75, 3.05) is 40.3 Å². The molecule has 2 rings (SSSR count). The second-order valence-electron chi connectivity index (χ2n) is 7.37. The van der Waals surface area contributed by atoms with Gasteiger partial charge in [0.15, 0.2) is 5.96 Å². The minimum absolute atomic E-state index is 0. The normalized spacial score (nSPS) is 17.1. The minimum atomic E-state index is 0. The summed E-state index contributed by atoms with van der Waals surface area (Å²) >= 11 is 0. The van der Waals surface area contributed by atoms with E-state index in [-0.39, 0.29) is 36.4 Å². The van der Waals surface area contributed by atoms with Crippen LogP contribution < -0.4 is 10.6 Å². The van der Waals surface area contributed by atoms with Gasteiger partial charge in [-0.3, -0.25) is 9.69 Å². The van der Waals surface area contributed by atoms with Crippen LogP contribution in [-0.2, 0) is 11.3 Å². The standard InChI is InChI=1S/C21H35N5O.HI/c1-4-5-13-22-21(24-16-20(27)25(2)3)23-15-19-12-9-14-26(19)17-18-10-7-6-8-11-18;/h6-8,10-11,19H,4-5,9,12-17H2,1-3H3,(H2,22,23,24);1H. The number of aliphatic imine (C=N–C) groups is 1. The van der Waals surface area contributed by atoms with Gasteiger partial charge in [-0.2, -0.15) is 0 Å². The Morgan fingerprint density at radius 1 is 1.25 bits per heavy atom. The van der Waals surface area contributed by atoms with Gasteiger partial charge in [-0.15, -0.1) is 24.0 Å². The van der Waals surface area contributed by atoms with Crippen LogP contribution in [0.25, 0.3) is 0 Å². The van der Waals surface area contributed by atoms with E-state index in [0.29, 0.717) is 6.04 Å². The van der Waals surface area contributed by atoms with Gasteiger partial charge >= 0.3 is 0 Å². The van der Waals surface area contributed by atoms with E-state index in [1.54, 1.807) is 19.0 Å². The van der Waals surface area contributed by atoms with E-state index < -0.39 is 0 Å². The van der Waals surface area contributed by atoms with Crippen LogP contribution in [0.1, 0.15) is 38.2 Å². The van der Waals surface area contributed by atoms with E-state index in [0.717, 1.165) is 45.0 Å². The number of carbonyl (C=O) groups is 1. The summed E-state index contributed by atoms with van der Waals surface area (Å²) in [5.41, 5.74) is 1.36. The maximum atomic E-state index is 11.8. The first-order chi connectivity index (χ1) is 13.1. The molecule has 28 heavy (non-hydrogen) atoms. The smallest absolute Gasteiger partial charge is 0.243 e. The maximum absolute atomic E-state index is 11.8. The van der Waals surface area contributed by atoms with Crippen molar-refractivity contribution in [3.05, 3.63) is 35.9 Å². The zero-order valence-electron chi connectivity index (χ0n) is 17.5. The van der Waals surface area contributed by atoms with Crippen LogP contribution in [0.5, 0.6) is 0 Å². The molecule has 1 saturated heterocycles. The van der Waals surface area contributed by atoms with E-state index in [2.05, 4.69) is 57.8 Å². The van der Waals surface area contributed by atoms with Gasteiger partial charge in [0.25, 0.3) is 0 Å². The van der Waals surface area contributed by atoms with Gasteiger partial charge in [0.05, 0.1) is 0 Å². The number of likely N-dealkylation sites (N-methyl/N-ethyl adjacent to an activating group) is 1. The van der Waals surface area contributed by atoms with E-state index in [9.17, 15) is 4.79 Å². The number of unbranched alkanes of at least 4 members (excludes halogenated alkanes) is 1. The van der Waals surface area contributed by atoms with Gasteiger partial charge in [-0.25, -0.2) is 4.99 Å². The quantitative estimate of drug-likeness (QED) is 0.237. The fourth-order valence-electron chi connectivity index (χ4n) is 3.21. The van der Waals surface area contributed by atoms with Crippen molar-refractivity contribution in [3.63, 3.8) is 0 Å². The molecule has 6 nitrogen and oxygen atoms in total. The van der Waals surface area contributed by atoms with Gasteiger partial charge in [-0.05, 0) is 31.4 Å². The highest BCUT2D eigenvalue weighted by atomic mass is 127. The Labute approximate surface area is 187 Å². The third kappa shape index (κ3) is 8.77. The van der Waals surface area contributed by atoms with Crippen LogP contribution in [0, 0.1) is 0 Å². The molecule has 7 heteroatoms. The summed E-state index contributed by atoms with van der Waals surface area (Å²) in [4.78, 5) is 20.4. The molecule has 1 atom stereocenters. The lowest BCUT2D eigenvalue weighted by Gasteiger charge is -2.25. The molecule has 1 aliphatic heterocycles. The summed E-state index contributed by atoms with van der Waals surface area (Å²) in [7, 11) is 3.52. The molecule has 0 spiro atoms. The predicted octanol–water partition coefficient (Wildman–Crippen LogP) is 2.69. The van der Waals surface area contributed by atoms with Gasteiger partial charge in [0, 0.05) is 39.8 Å². The second-order valence-corrected chi connectivity index (χ2v) is 7.37. The Kier molecular flexibility index (Phi) is 12.1. The van der Waals surface area contributed by atoms with Crippen LogP contribution in [0.15, 0.2) is 35.3 Å². The Hall–Kier alpha value is -1.35. The number of benzene rings is 1. The fourth-order valence-corrected chi connectivity index (χ4v) is 3.21. The predicted molar refractivity (Wildman–Crippen MR) is 127 cm³/mol. The summed E-state index contributed by atoms with van der Waals surface area (Å²) in [6.45, 7) is 6.18. The zero-order valence-corrected chi connectivity index (χ0v) is 19.8. The van der Waals surface area contributed by atoms with E-state index in [4.69, 9.17) is 0 Å². The summed E-state index contributed by atoms with van der Waals surface area (Å²) in [6.07, 6.45) is 4.64. The molecule has 0 saturated carbocycles.